The largest absolute Gasteiger partial charge is 0.208 e. The zero-order valence-corrected chi connectivity index (χ0v) is 39.5. The molecule has 7 heteroatoms. The van der Waals surface area contributed by atoms with E-state index in [2.05, 4.69) is 121 Å². The highest BCUT2D eigenvalue weighted by molar-refractivity contribution is 7.19. The monoisotopic (exact) mass is 936 g/mol. The van der Waals surface area contributed by atoms with E-state index in [0.29, 0.717) is 34.9 Å². The van der Waals surface area contributed by atoms with Gasteiger partial charge in [0.05, 0.1) is 5.41 Å². The Bertz CT molecular complexity index is 3850. The van der Waals surface area contributed by atoms with Gasteiger partial charge in [-0.15, -0.1) is 11.3 Å². The highest BCUT2D eigenvalue weighted by Crippen LogP contribution is 2.68. The highest BCUT2D eigenvalue weighted by Gasteiger charge is 2.54. The second-order valence-electron chi connectivity index (χ2n) is 18.1. The van der Waals surface area contributed by atoms with Crippen LogP contribution in [0.15, 0.2) is 243 Å². The summed E-state index contributed by atoms with van der Waals surface area (Å²) in [5, 5.41) is 0. The number of aromatic nitrogens is 6. The lowest BCUT2D eigenvalue weighted by molar-refractivity contribution is 0.798. The lowest BCUT2D eigenvalue weighted by atomic mass is 9.70. The van der Waals surface area contributed by atoms with Crippen LogP contribution in [-0.2, 0) is 5.41 Å². The van der Waals surface area contributed by atoms with Gasteiger partial charge in [0, 0.05) is 48.7 Å². The van der Waals surface area contributed by atoms with Crippen LogP contribution in [-0.4, -0.2) is 29.9 Å². The Morgan fingerprint density at radius 1 is 0.236 bits per heavy atom. The fourth-order valence-electron chi connectivity index (χ4n) is 10.8. The summed E-state index contributed by atoms with van der Waals surface area (Å²) in [6, 6.07) is 85.2. The topological polar surface area (TPSA) is 77.3 Å². The molecule has 72 heavy (non-hydrogen) atoms. The van der Waals surface area contributed by atoms with Crippen LogP contribution in [0.3, 0.4) is 0 Å². The standard InChI is InChI=1S/C65H40N6S/c1-5-19-43(20-6-1)59-66-60(44-21-7-2-8-22-44)69-63(68-59)47-37-33-41(34-38-47)57-55-51-29-15-18-32-54(51)65(52-30-16-13-27-49(52)50-28-14-17-31-53(50)65)56(55)58(72-57)42-35-39-48(40-36-42)64-70-61(45-23-9-3-10-24-45)67-62(71-64)46-25-11-4-12-26-46/h1-40H. The lowest BCUT2D eigenvalue weighted by Crippen LogP contribution is -2.26. The van der Waals surface area contributed by atoms with Gasteiger partial charge < -0.3 is 0 Å². The van der Waals surface area contributed by atoms with Gasteiger partial charge in [-0.2, -0.15) is 0 Å². The van der Waals surface area contributed by atoms with Gasteiger partial charge in [0.15, 0.2) is 34.9 Å². The SMILES string of the molecule is c1ccc(-c2nc(-c3ccccc3)nc(-c3ccc(-c4sc(-c5ccc(-c6nc(-c7ccccc7)nc(-c7ccccc7)n6)cc5)c5c4-c4ccccc4C54c5ccccc5-c5ccccc54)cc3)n2)cc1. The fourth-order valence-corrected chi connectivity index (χ4v) is 12.2. The average molecular weight is 937 g/mol. The van der Waals surface area contributed by atoms with Gasteiger partial charge in [-0.25, -0.2) is 29.9 Å². The molecule has 0 atom stereocenters. The van der Waals surface area contributed by atoms with E-state index in [1.54, 1.807) is 0 Å². The number of benzene rings is 9. The van der Waals surface area contributed by atoms with Crippen molar-refractivity contribution in [3.8, 4) is 111 Å². The Morgan fingerprint density at radius 3 is 0.861 bits per heavy atom. The van der Waals surface area contributed by atoms with Gasteiger partial charge in [0.25, 0.3) is 0 Å². The molecule has 3 heterocycles. The molecule has 336 valence electrons. The number of rotatable bonds is 8. The summed E-state index contributed by atoms with van der Waals surface area (Å²) in [5.41, 5.74) is 17.6. The summed E-state index contributed by atoms with van der Waals surface area (Å²) in [7, 11) is 0. The number of hydrogen-bond donors (Lipinski definition) is 0. The molecular formula is C65H40N6S. The predicted molar refractivity (Wildman–Crippen MR) is 291 cm³/mol. The zero-order valence-electron chi connectivity index (χ0n) is 38.7. The van der Waals surface area contributed by atoms with E-state index in [1.165, 1.54) is 54.3 Å². The fraction of sp³-hybridized carbons (Fsp3) is 0.0154. The molecule has 0 radical (unpaired) electrons. The molecule has 0 saturated carbocycles. The first kappa shape index (κ1) is 41.7. The van der Waals surface area contributed by atoms with Crippen LogP contribution in [0.4, 0.5) is 0 Å². The molecule has 2 aliphatic rings. The molecule has 0 unspecified atom stereocenters. The van der Waals surface area contributed by atoms with E-state index in [-0.39, 0.29) is 0 Å². The minimum atomic E-state index is -0.544. The molecule has 2 aliphatic carbocycles. The molecular weight excluding hydrogens is 897 g/mol. The predicted octanol–water partition coefficient (Wildman–Crippen LogP) is 15.8. The minimum Gasteiger partial charge on any atom is -0.208 e. The third-order valence-electron chi connectivity index (χ3n) is 14.0. The van der Waals surface area contributed by atoms with Gasteiger partial charge >= 0.3 is 0 Å². The van der Waals surface area contributed by atoms with E-state index >= 15 is 0 Å². The van der Waals surface area contributed by atoms with Crippen LogP contribution in [0.1, 0.15) is 22.3 Å². The summed E-state index contributed by atoms with van der Waals surface area (Å²) in [6.07, 6.45) is 0. The quantitative estimate of drug-likeness (QED) is 0.151. The molecule has 12 aromatic rings. The summed E-state index contributed by atoms with van der Waals surface area (Å²) < 4.78 is 0. The molecule has 1 spiro atoms. The van der Waals surface area contributed by atoms with Crippen molar-refractivity contribution in [2.45, 2.75) is 5.41 Å². The van der Waals surface area contributed by atoms with Crippen molar-refractivity contribution in [3.63, 3.8) is 0 Å². The Labute approximate surface area is 420 Å². The van der Waals surface area contributed by atoms with Gasteiger partial charge in [0.1, 0.15) is 0 Å². The molecule has 3 aromatic heterocycles. The van der Waals surface area contributed by atoms with Crippen LogP contribution >= 0.6 is 11.3 Å². The molecule has 9 aromatic carbocycles. The van der Waals surface area contributed by atoms with E-state index in [9.17, 15) is 0 Å². The van der Waals surface area contributed by atoms with Crippen molar-refractivity contribution >= 4 is 11.3 Å². The molecule has 0 saturated heterocycles. The first-order chi connectivity index (χ1) is 35.7. The number of hydrogen-bond acceptors (Lipinski definition) is 7. The first-order valence-electron chi connectivity index (χ1n) is 24.1. The van der Waals surface area contributed by atoms with Crippen LogP contribution in [0.25, 0.3) is 111 Å². The Morgan fingerprint density at radius 2 is 0.500 bits per heavy atom. The molecule has 14 rings (SSSR count). The summed E-state index contributed by atoms with van der Waals surface area (Å²) >= 11 is 1.86. The average Bonchev–Trinajstić information content (AvgIpc) is 4.11. The molecule has 0 amide bonds. The molecule has 0 fully saturated rings. The van der Waals surface area contributed by atoms with E-state index < -0.39 is 5.41 Å². The smallest absolute Gasteiger partial charge is 0.164 e. The minimum absolute atomic E-state index is 0.544. The van der Waals surface area contributed by atoms with Crippen molar-refractivity contribution in [2.75, 3.05) is 0 Å². The summed E-state index contributed by atoms with van der Waals surface area (Å²) in [4.78, 5) is 32.6. The second-order valence-corrected chi connectivity index (χ2v) is 19.1. The normalized spacial score (nSPS) is 12.6. The highest BCUT2D eigenvalue weighted by atomic mass is 32.1. The third kappa shape index (κ3) is 6.70. The van der Waals surface area contributed by atoms with Gasteiger partial charge in [-0.3, -0.25) is 0 Å². The van der Waals surface area contributed by atoms with Crippen molar-refractivity contribution in [2.24, 2.45) is 0 Å². The number of fused-ring (bicyclic) bond motifs is 10. The maximum absolute atomic E-state index is 5.08. The van der Waals surface area contributed by atoms with Crippen LogP contribution in [0, 0.1) is 0 Å². The maximum atomic E-state index is 5.08. The second kappa shape index (κ2) is 17.0. The van der Waals surface area contributed by atoms with Gasteiger partial charge in [-0.05, 0) is 50.1 Å². The van der Waals surface area contributed by atoms with E-state index in [1.807, 2.05) is 133 Å². The van der Waals surface area contributed by atoms with Crippen molar-refractivity contribution in [1.82, 2.24) is 29.9 Å². The summed E-state index contributed by atoms with van der Waals surface area (Å²) in [5.74, 6) is 3.80. The number of thiophene rings is 1. The van der Waals surface area contributed by atoms with E-state index in [0.717, 1.165) is 44.5 Å². The van der Waals surface area contributed by atoms with E-state index in [4.69, 9.17) is 29.9 Å². The lowest BCUT2D eigenvalue weighted by Gasteiger charge is -2.31. The Hall–Kier alpha value is -9.30. The van der Waals surface area contributed by atoms with Crippen LogP contribution < -0.4 is 0 Å². The molecule has 0 aliphatic heterocycles. The molecule has 6 nitrogen and oxygen atoms in total. The van der Waals surface area contributed by atoms with Crippen molar-refractivity contribution in [3.05, 3.63) is 265 Å². The maximum Gasteiger partial charge on any atom is 0.164 e. The summed E-state index contributed by atoms with van der Waals surface area (Å²) in [6.45, 7) is 0. The van der Waals surface area contributed by atoms with Crippen molar-refractivity contribution < 1.29 is 0 Å². The van der Waals surface area contributed by atoms with Crippen molar-refractivity contribution in [1.29, 1.82) is 0 Å². The van der Waals surface area contributed by atoms with Gasteiger partial charge in [-0.1, -0.05) is 243 Å². The first-order valence-corrected chi connectivity index (χ1v) is 24.9. The Kier molecular flexibility index (Phi) is 9.82. The third-order valence-corrected chi connectivity index (χ3v) is 15.3. The van der Waals surface area contributed by atoms with Gasteiger partial charge in [0.2, 0.25) is 0 Å². The number of nitrogens with zero attached hydrogens (tertiary/aromatic N) is 6. The van der Waals surface area contributed by atoms with Crippen LogP contribution in [0.5, 0.6) is 0 Å². The van der Waals surface area contributed by atoms with Crippen LogP contribution in [0.2, 0.25) is 0 Å². The zero-order chi connectivity index (χ0) is 47.6. The molecule has 0 N–H and O–H groups in total. The molecule has 0 bridgehead atoms. The Balaban J connectivity index is 0.950.